The highest BCUT2D eigenvalue weighted by atomic mass is 16.2. The van der Waals surface area contributed by atoms with Gasteiger partial charge in [0.25, 0.3) is 11.5 Å². The van der Waals surface area contributed by atoms with Crippen molar-refractivity contribution < 1.29 is 4.79 Å². The summed E-state index contributed by atoms with van der Waals surface area (Å²) in [5.74, 6) is 0.0902. The monoisotopic (exact) mass is 246 g/mol. The molecule has 2 heterocycles. The number of carbonyl (C=O) groups excluding carboxylic acids is 1. The molecule has 0 aliphatic rings. The smallest absolute Gasteiger partial charge is 0.275 e. The molecule has 0 saturated carbocycles. The number of anilines is 1. The van der Waals surface area contributed by atoms with Crippen LogP contribution in [0.3, 0.4) is 0 Å². The number of aromatic nitrogens is 3. The highest BCUT2D eigenvalue weighted by Crippen LogP contribution is 2.07. The molecule has 1 amide bonds. The van der Waals surface area contributed by atoms with E-state index in [4.69, 9.17) is 0 Å². The molecule has 2 N–H and O–H groups in total. The Morgan fingerprint density at radius 1 is 1.39 bits per heavy atom. The van der Waals surface area contributed by atoms with Crippen molar-refractivity contribution in [3.05, 3.63) is 45.5 Å². The molecule has 0 aliphatic heterocycles. The zero-order valence-corrected chi connectivity index (χ0v) is 10.4. The lowest BCUT2D eigenvalue weighted by Crippen LogP contribution is -2.15. The number of nitrogens with one attached hydrogen (secondary N) is 2. The van der Waals surface area contributed by atoms with Crippen molar-refractivity contribution in [3.63, 3.8) is 0 Å². The van der Waals surface area contributed by atoms with Crippen molar-refractivity contribution in [3.8, 4) is 0 Å². The number of H-pyrrole nitrogens is 1. The Morgan fingerprint density at radius 2 is 2.11 bits per heavy atom. The summed E-state index contributed by atoms with van der Waals surface area (Å²) in [5, 5.41) is 5.36. The van der Waals surface area contributed by atoms with Crippen molar-refractivity contribution in [2.75, 3.05) is 5.32 Å². The molecule has 0 radical (unpaired) electrons. The molecule has 6 heteroatoms. The van der Waals surface area contributed by atoms with Crippen LogP contribution in [0.25, 0.3) is 0 Å². The Kier molecular flexibility index (Phi) is 3.01. The fourth-order valence-corrected chi connectivity index (χ4v) is 1.67. The van der Waals surface area contributed by atoms with E-state index in [9.17, 15) is 9.59 Å². The summed E-state index contributed by atoms with van der Waals surface area (Å²) in [6.07, 6.45) is 0. The Bertz CT molecular complexity index is 654. The van der Waals surface area contributed by atoms with Gasteiger partial charge >= 0.3 is 0 Å². The molecule has 0 fully saturated rings. The quantitative estimate of drug-likeness (QED) is 0.828. The summed E-state index contributed by atoms with van der Waals surface area (Å²) in [6, 6.07) is 5.34. The molecular formula is C12H14N4O2. The molecule has 2 aromatic rings. The van der Waals surface area contributed by atoms with Crippen LogP contribution in [0.5, 0.6) is 0 Å². The number of amides is 1. The lowest BCUT2D eigenvalue weighted by molar-refractivity contribution is 0.102. The number of hydrogen-bond acceptors (Lipinski definition) is 3. The topological polar surface area (TPSA) is 79.8 Å². The largest absolute Gasteiger partial charge is 0.305 e. The fraction of sp³-hybridized carbons (Fsp3) is 0.250. The molecule has 94 valence electrons. The molecule has 0 atom stereocenters. The molecule has 2 rings (SSSR count). The molecule has 0 aliphatic carbocycles. The SMILES string of the molecule is Cc1cccc(NC(=O)c2[nH]n(C)c(=O)c2C)n1. The molecule has 0 unspecified atom stereocenters. The number of pyridine rings is 1. The van der Waals surface area contributed by atoms with Crippen molar-refractivity contribution in [2.45, 2.75) is 13.8 Å². The summed E-state index contributed by atoms with van der Waals surface area (Å²) in [4.78, 5) is 27.7. The van der Waals surface area contributed by atoms with Crippen LogP contribution in [-0.2, 0) is 7.05 Å². The molecule has 18 heavy (non-hydrogen) atoms. The number of carbonyl (C=O) groups is 1. The molecule has 0 bridgehead atoms. The standard InChI is InChI=1S/C12H14N4O2/c1-7-5-4-6-9(13-7)14-11(17)10-8(2)12(18)16(3)15-10/h4-6,15H,1-3H3,(H,13,14,17). The number of nitrogens with zero attached hydrogens (tertiary/aromatic N) is 2. The van der Waals surface area contributed by atoms with E-state index in [0.29, 0.717) is 11.4 Å². The van der Waals surface area contributed by atoms with E-state index in [1.165, 1.54) is 4.68 Å². The minimum Gasteiger partial charge on any atom is -0.305 e. The Labute approximate surface area is 104 Å². The van der Waals surface area contributed by atoms with E-state index >= 15 is 0 Å². The van der Waals surface area contributed by atoms with Crippen LogP contribution >= 0.6 is 0 Å². The molecule has 2 aromatic heterocycles. The maximum atomic E-state index is 12.0. The van der Waals surface area contributed by atoms with Gasteiger partial charge in [-0.15, -0.1) is 0 Å². The third-order valence-electron chi connectivity index (χ3n) is 2.64. The number of hydrogen-bond donors (Lipinski definition) is 2. The zero-order chi connectivity index (χ0) is 13.3. The van der Waals surface area contributed by atoms with Gasteiger partial charge in [0.1, 0.15) is 11.5 Å². The number of aryl methyl sites for hydroxylation is 2. The molecule has 6 nitrogen and oxygen atoms in total. The first-order valence-corrected chi connectivity index (χ1v) is 5.49. The fourth-order valence-electron chi connectivity index (χ4n) is 1.67. The van der Waals surface area contributed by atoms with Crippen LogP contribution < -0.4 is 10.9 Å². The second-order valence-corrected chi connectivity index (χ2v) is 4.09. The molecular weight excluding hydrogens is 232 g/mol. The summed E-state index contributed by atoms with van der Waals surface area (Å²) in [6.45, 7) is 3.45. The lowest BCUT2D eigenvalue weighted by atomic mass is 10.2. The van der Waals surface area contributed by atoms with E-state index in [0.717, 1.165) is 5.69 Å². The van der Waals surface area contributed by atoms with Crippen LogP contribution in [-0.4, -0.2) is 20.7 Å². The summed E-state index contributed by atoms with van der Waals surface area (Å²) >= 11 is 0. The van der Waals surface area contributed by atoms with Gasteiger partial charge in [-0.1, -0.05) is 6.07 Å². The first kappa shape index (κ1) is 12.1. The van der Waals surface area contributed by atoms with Crippen molar-refractivity contribution in [1.82, 2.24) is 14.8 Å². The third kappa shape index (κ3) is 2.17. The highest BCUT2D eigenvalue weighted by molar-refractivity contribution is 6.03. The van der Waals surface area contributed by atoms with Crippen molar-refractivity contribution >= 4 is 11.7 Å². The zero-order valence-electron chi connectivity index (χ0n) is 10.4. The van der Waals surface area contributed by atoms with E-state index in [2.05, 4.69) is 15.4 Å². The predicted molar refractivity (Wildman–Crippen MR) is 67.7 cm³/mol. The first-order chi connectivity index (χ1) is 8.49. The molecule has 0 aromatic carbocycles. The second-order valence-electron chi connectivity index (χ2n) is 4.09. The van der Waals surface area contributed by atoms with Crippen LogP contribution in [0.2, 0.25) is 0 Å². The van der Waals surface area contributed by atoms with E-state index in [1.54, 1.807) is 26.1 Å². The lowest BCUT2D eigenvalue weighted by Gasteiger charge is -2.03. The van der Waals surface area contributed by atoms with Gasteiger partial charge in [-0.25, -0.2) is 4.98 Å². The average Bonchev–Trinajstić information content (AvgIpc) is 2.57. The summed E-state index contributed by atoms with van der Waals surface area (Å²) < 4.78 is 1.27. The van der Waals surface area contributed by atoms with Crippen molar-refractivity contribution in [1.29, 1.82) is 0 Å². The average molecular weight is 246 g/mol. The summed E-state index contributed by atoms with van der Waals surface area (Å²) in [7, 11) is 1.57. The van der Waals surface area contributed by atoms with Gasteiger partial charge in [-0.05, 0) is 26.0 Å². The molecule has 0 spiro atoms. The van der Waals surface area contributed by atoms with E-state index < -0.39 is 0 Å². The number of rotatable bonds is 2. The van der Waals surface area contributed by atoms with Crippen molar-refractivity contribution in [2.24, 2.45) is 7.05 Å². The third-order valence-corrected chi connectivity index (χ3v) is 2.64. The Balaban J connectivity index is 2.27. The molecule has 0 saturated heterocycles. The van der Waals surface area contributed by atoms with Gasteiger partial charge in [0.05, 0.1) is 0 Å². The predicted octanol–water partition coefficient (Wildman–Crippen LogP) is 0.978. The first-order valence-electron chi connectivity index (χ1n) is 5.49. The minimum atomic E-state index is -0.372. The van der Waals surface area contributed by atoms with Crippen LogP contribution in [0.1, 0.15) is 21.7 Å². The van der Waals surface area contributed by atoms with Gasteiger partial charge in [-0.2, -0.15) is 0 Å². The Hall–Kier alpha value is -2.37. The Morgan fingerprint density at radius 3 is 2.67 bits per heavy atom. The van der Waals surface area contributed by atoms with Gasteiger partial charge in [0.2, 0.25) is 0 Å². The normalized spacial score (nSPS) is 10.4. The summed E-state index contributed by atoms with van der Waals surface area (Å²) in [5.41, 5.74) is 1.25. The van der Waals surface area contributed by atoms with Crippen LogP contribution in [0, 0.1) is 13.8 Å². The van der Waals surface area contributed by atoms with E-state index in [-0.39, 0.29) is 17.2 Å². The van der Waals surface area contributed by atoms with Crippen LogP contribution in [0.15, 0.2) is 23.0 Å². The minimum absolute atomic E-state index is 0.211. The maximum Gasteiger partial charge on any atom is 0.275 e. The van der Waals surface area contributed by atoms with Gasteiger partial charge in [0, 0.05) is 18.3 Å². The number of aromatic amines is 1. The second kappa shape index (κ2) is 4.48. The van der Waals surface area contributed by atoms with Gasteiger partial charge in [0.15, 0.2) is 0 Å². The maximum absolute atomic E-state index is 12.0. The highest BCUT2D eigenvalue weighted by Gasteiger charge is 2.15. The van der Waals surface area contributed by atoms with Crippen LogP contribution in [0.4, 0.5) is 5.82 Å². The van der Waals surface area contributed by atoms with Gasteiger partial charge < -0.3 is 5.32 Å². The van der Waals surface area contributed by atoms with Gasteiger partial charge in [-0.3, -0.25) is 19.4 Å². The van der Waals surface area contributed by atoms with E-state index in [1.807, 2.05) is 13.0 Å².